The van der Waals surface area contributed by atoms with Crippen molar-refractivity contribution in [3.63, 3.8) is 0 Å². The van der Waals surface area contributed by atoms with Crippen LogP contribution in [0.25, 0.3) is 0 Å². The number of Topliss-reactive ketones (excluding diaryl/α,β-unsaturated/α-hetero) is 1. The Bertz CT molecular complexity index is 274. The lowest BCUT2D eigenvalue weighted by molar-refractivity contribution is -0.138. The average molecular weight is 277 g/mol. The van der Waals surface area contributed by atoms with Crippen molar-refractivity contribution in [2.75, 3.05) is 20.2 Å². The number of carbonyl (C=O) groups excluding carboxylic acids is 1. The molecule has 1 atom stereocenters. The lowest BCUT2D eigenvalue weighted by atomic mass is 10.2. The molecular weight excluding hydrogens is 250 g/mol. The Hall–Kier alpha value is -0.273. The van der Waals surface area contributed by atoms with Crippen molar-refractivity contribution in [3.05, 3.63) is 0 Å². The van der Waals surface area contributed by atoms with Crippen LogP contribution in [-0.2, 0) is 9.22 Å². The van der Waals surface area contributed by atoms with Crippen LogP contribution in [0.5, 0.6) is 0 Å². The van der Waals surface area contributed by atoms with Crippen LogP contribution in [-0.4, -0.2) is 55.8 Å². The number of hydroxylamine groups is 2. The van der Waals surface area contributed by atoms with E-state index >= 15 is 0 Å². The molecule has 0 aromatic heterocycles. The number of hydrogen-bond donors (Lipinski definition) is 2. The Morgan fingerprint density at radius 3 is 2.22 bits per heavy atom. The molecule has 6 heteroatoms. The maximum absolute atomic E-state index is 11.9. The first-order chi connectivity index (χ1) is 8.01. The Morgan fingerprint density at radius 1 is 1.39 bits per heavy atom. The Balaban J connectivity index is 4.77. The topological polar surface area (TPSA) is 70.0 Å². The van der Waals surface area contributed by atoms with Crippen LogP contribution in [0.15, 0.2) is 0 Å². The largest absolute Gasteiger partial charge is 0.407 e. The average Bonchev–Trinajstić information content (AvgIpc) is 2.13. The van der Waals surface area contributed by atoms with Crippen molar-refractivity contribution < 1.29 is 19.5 Å². The third-order valence-electron chi connectivity index (χ3n) is 3.38. The second-order valence-electron chi connectivity index (χ2n) is 6.16. The quantitative estimate of drug-likeness (QED) is 0.547. The molecule has 0 aromatic carbocycles. The summed E-state index contributed by atoms with van der Waals surface area (Å²) in [7, 11) is -0.634. The first-order valence-corrected chi connectivity index (χ1v) is 9.13. The van der Waals surface area contributed by atoms with Crippen molar-refractivity contribution in [2.24, 2.45) is 0 Å². The molecule has 0 rings (SSSR count). The lowest BCUT2D eigenvalue weighted by Gasteiger charge is -2.38. The summed E-state index contributed by atoms with van der Waals surface area (Å²) in [5.74, 6) is -0.195. The van der Waals surface area contributed by atoms with Gasteiger partial charge < -0.3 is 14.7 Å². The van der Waals surface area contributed by atoms with Crippen molar-refractivity contribution in [1.29, 1.82) is 0 Å². The van der Waals surface area contributed by atoms with Gasteiger partial charge in [0.05, 0.1) is 6.54 Å². The van der Waals surface area contributed by atoms with Crippen LogP contribution in [0.3, 0.4) is 0 Å². The van der Waals surface area contributed by atoms with E-state index in [1.54, 1.807) is 0 Å². The molecule has 5 nitrogen and oxygen atoms in total. The fourth-order valence-corrected chi connectivity index (χ4v) is 2.58. The van der Waals surface area contributed by atoms with Crippen LogP contribution in [0.4, 0.5) is 0 Å². The van der Waals surface area contributed by atoms with Crippen LogP contribution in [0.1, 0.15) is 27.2 Å². The number of nitrogens with zero attached hydrogens (tertiary/aromatic N) is 1. The summed E-state index contributed by atoms with van der Waals surface area (Å²) in [4.78, 5) is 11.9. The van der Waals surface area contributed by atoms with Gasteiger partial charge in [-0.15, -0.1) is 0 Å². The van der Waals surface area contributed by atoms with E-state index < -0.39 is 14.4 Å². The molecule has 0 radical (unpaired) electrons. The van der Waals surface area contributed by atoms with Crippen LogP contribution < -0.4 is 0 Å². The van der Waals surface area contributed by atoms with Crippen molar-refractivity contribution in [3.8, 4) is 0 Å². The molecular formula is C12H27NO4Si. The molecule has 0 bridgehead atoms. The van der Waals surface area contributed by atoms with E-state index in [9.17, 15) is 4.79 Å². The van der Waals surface area contributed by atoms with E-state index in [1.165, 1.54) is 7.05 Å². The van der Waals surface area contributed by atoms with Gasteiger partial charge in [-0.3, -0.25) is 4.79 Å². The van der Waals surface area contributed by atoms with E-state index in [0.717, 1.165) is 5.06 Å². The van der Waals surface area contributed by atoms with Crippen molar-refractivity contribution >= 4 is 14.1 Å². The zero-order valence-electron chi connectivity index (χ0n) is 12.4. The standard InChI is InChI=1S/C12H27NO4Si/c1-12(2,3)18(5,6)17-11(7-8-14)10(15)9-13(4)16/h11,14,16H,7-9H2,1-6H3/t11-/m0/s1. The first-order valence-electron chi connectivity index (χ1n) is 6.22. The number of ketones is 1. The minimum atomic E-state index is -2.05. The summed E-state index contributed by atoms with van der Waals surface area (Å²) in [6.45, 7) is 10.2. The predicted molar refractivity (Wildman–Crippen MR) is 73.2 cm³/mol. The Kier molecular flexibility index (Phi) is 6.66. The summed E-state index contributed by atoms with van der Waals surface area (Å²) < 4.78 is 6.00. The van der Waals surface area contributed by atoms with Gasteiger partial charge in [0.1, 0.15) is 6.10 Å². The fraction of sp³-hybridized carbons (Fsp3) is 0.917. The van der Waals surface area contributed by atoms with E-state index in [1.807, 2.05) is 0 Å². The highest BCUT2D eigenvalue weighted by Crippen LogP contribution is 2.37. The molecule has 0 saturated carbocycles. The summed E-state index contributed by atoms with van der Waals surface area (Å²) in [5.41, 5.74) is 0. The van der Waals surface area contributed by atoms with Gasteiger partial charge in [-0.1, -0.05) is 20.8 Å². The van der Waals surface area contributed by atoms with E-state index in [0.29, 0.717) is 0 Å². The zero-order valence-corrected chi connectivity index (χ0v) is 13.4. The molecule has 0 fully saturated rings. The Morgan fingerprint density at radius 2 is 1.89 bits per heavy atom. The van der Waals surface area contributed by atoms with Gasteiger partial charge in [-0.25, -0.2) is 0 Å². The van der Waals surface area contributed by atoms with Gasteiger partial charge in [0.2, 0.25) is 0 Å². The molecule has 0 heterocycles. The van der Waals surface area contributed by atoms with E-state index in [-0.39, 0.29) is 30.4 Å². The van der Waals surface area contributed by atoms with Crippen molar-refractivity contribution in [1.82, 2.24) is 5.06 Å². The summed E-state index contributed by atoms with van der Waals surface area (Å²) >= 11 is 0. The van der Waals surface area contributed by atoms with E-state index in [4.69, 9.17) is 14.7 Å². The maximum Gasteiger partial charge on any atom is 0.193 e. The molecule has 0 aliphatic carbocycles. The first kappa shape index (κ1) is 17.7. The smallest absolute Gasteiger partial charge is 0.193 e. The molecule has 0 amide bonds. The van der Waals surface area contributed by atoms with E-state index in [2.05, 4.69) is 33.9 Å². The third kappa shape index (κ3) is 5.58. The molecule has 18 heavy (non-hydrogen) atoms. The van der Waals surface area contributed by atoms with Crippen LogP contribution in [0, 0.1) is 0 Å². The zero-order chi connectivity index (χ0) is 14.6. The molecule has 108 valence electrons. The van der Waals surface area contributed by atoms with Gasteiger partial charge in [-0.2, -0.15) is 5.06 Å². The third-order valence-corrected chi connectivity index (χ3v) is 7.86. The highest BCUT2D eigenvalue weighted by atomic mass is 28.4. The SMILES string of the molecule is CN(O)CC(=O)[C@H](CCO)O[Si](C)(C)C(C)(C)C. The van der Waals surface area contributed by atoms with Crippen molar-refractivity contribution in [2.45, 2.75) is 51.4 Å². The summed E-state index contributed by atoms with van der Waals surface area (Å²) in [6, 6.07) is 0. The number of aliphatic hydroxyl groups is 1. The van der Waals surface area contributed by atoms with Gasteiger partial charge in [0.15, 0.2) is 14.1 Å². The highest BCUT2D eigenvalue weighted by Gasteiger charge is 2.40. The number of aliphatic hydroxyl groups excluding tert-OH is 1. The van der Waals surface area contributed by atoms with Gasteiger partial charge >= 0.3 is 0 Å². The second-order valence-corrected chi connectivity index (χ2v) is 10.9. The summed E-state index contributed by atoms with van der Waals surface area (Å²) in [6.07, 6.45) is -0.357. The minimum absolute atomic E-state index is 0.00605. The van der Waals surface area contributed by atoms with Crippen LogP contribution in [0.2, 0.25) is 18.1 Å². The molecule has 2 N–H and O–H groups in total. The molecule has 0 aliphatic rings. The molecule has 0 aliphatic heterocycles. The second kappa shape index (κ2) is 6.77. The monoisotopic (exact) mass is 277 g/mol. The number of rotatable bonds is 7. The highest BCUT2D eigenvalue weighted by molar-refractivity contribution is 6.74. The fourth-order valence-electron chi connectivity index (χ4n) is 1.26. The minimum Gasteiger partial charge on any atom is -0.407 e. The normalized spacial score (nSPS) is 14.9. The van der Waals surface area contributed by atoms with Gasteiger partial charge in [-0.05, 0) is 18.1 Å². The van der Waals surface area contributed by atoms with Gasteiger partial charge in [0, 0.05) is 20.1 Å². The summed E-state index contributed by atoms with van der Waals surface area (Å²) in [5, 5.41) is 19.0. The molecule has 0 spiro atoms. The van der Waals surface area contributed by atoms with Gasteiger partial charge in [0.25, 0.3) is 0 Å². The maximum atomic E-state index is 11.9. The molecule has 0 saturated heterocycles. The molecule has 0 unspecified atom stereocenters. The number of likely N-dealkylation sites (N-methyl/N-ethyl adjacent to an activating group) is 1. The molecule has 0 aromatic rings. The Labute approximate surface area is 111 Å². The number of carbonyl (C=O) groups is 1. The predicted octanol–water partition coefficient (Wildman–Crippen LogP) is 1.65. The lowest BCUT2D eigenvalue weighted by Crippen LogP contribution is -2.47. The number of hydrogen-bond acceptors (Lipinski definition) is 5. The van der Waals surface area contributed by atoms with Crippen LogP contribution >= 0.6 is 0 Å².